The van der Waals surface area contributed by atoms with Crippen LogP contribution in [0.2, 0.25) is 0 Å². The van der Waals surface area contributed by atoms with Crippen LogP contribution in [0, 0.1) is 5.92 Å². The van der Waals surface area contributed by atoms with E-state index in [1.807, 2.05) is 13.0 Å². The van der Waals surface area contributed by atoms with Crippen LogP contribution < -0.4 is 20.6 Å². The van der Waals surface area contributed by atoms with Crippen LogP contribution in [0.1, 0.15) is 33.6 Å². The lowest BCUT2D eigenvalue weighted by Gasteiger charge is -2.14. The van der Waals surface area contributed by atoms with Crippen molar-refractivity contribution in [2.75, 3.05) is 25.8 Å². The van der Waals surface area contributed by atoms with Crippen LogP contribution in [0.25, 0.3) is 11.4 Å². The monoisotopic (exact) mass is 407 g/mol. The van der Waals surface area contributed by atoms with E-state index >= 15 is 0 Å². The third-order valence-electron chi connectivity index (χ3n) is 4.23. The maximum absolute atomic E-state index is 12.2. The van der Waals surface area contributed by atoms with E-state index < -0.39 is 0 Å². The summed E-state index contributed by atoms with van der Waals surface area (Å²) in [6, 6.07) is 5.50. The molecule has 1 aromatic heterocycles. The van der Waals surface area contributed by atoms with Gasteiger partial charge in [0.15, 0.2) is 5.82 Å². The van der Waals surface area contributed by atoms with Gasteiger partial charge >= 0.3 is 0 Å². The molecule has 2 rings (SSSR count). The number of hydrogen-bond acceptors (Lipinski definition) is 7. The molecule has 1 atom stereocenters. The van der Waals surface area contributed by atoms with Crippen molar-refractivity contribution < 1.29 is 14.3 Å². The topological polar surface area (TPSA) is 104 Å². The number of carbonyl (C=O) groups excluding carboxylic acids is 1. The molecule has 0 radical (unpaired) electrons. The number of nitrogens with two attached hydrogens (primary N) is 1. The third-order valence-corrected chi connectivity index (χ3v) is 5.17. The molecule has 0 saturated carbocycles. The molecule has 0 fully saturated rings. The number of nitrogen functional groups attached to an aromatic ring is 1. The maximum atomic E-state index is 12.2. The van der Waals surface area contributed by atoms with E-state index in [1.165, 1.54) is 16.4 Å². The summed E-state index contributed by atoms with van der Waals surface area (Å²) >= 11 is 1.24. The van der Waals surface area contributed by atoms with Crippen molar-refractivity contribution in [2.24, 2.45) is 5.92 Å². The Bertz CT molecular complexity index is 794. The molecule has 154 valence electrons. The van der Waals surface area contributed by atoms with Gasteiger partial charge in [0.1, 0.15) is 11.5 Å². The summed E-state index contributed by atoms with van der Waals surface area (Å²) in [6.45, 7) is 6.37. The van der Waals surface area contributed by atoms with Crippen LogP contribution in [0.4, 0.5) is 0 Å². The molecule has 2 aromatic rings. The van der Waals surface area contributed by atoms with Gasteiger partial charge in [-0.15, -0.1) is 10.2 Å². The highest BCUT2D eigenvalue weighted by Crippen LogP contribution is 2.32. The zero-order chi connectivity index (χ0) is 20.7. The Morgan fingerprint density at radius 3 is 2.61 bits per heavy atom. The molecule has 0 spiro atoms. The average molecular weight is 408 g/mol. The minimum absolute atomic E-state index is 0.0483. The second-order valence-corrected chi connectivity index (χ2v) is 7.91. The van der Waals surface area contributed by atoms with Gasteiger partial charge in [-0.2, -0.15) is 0 Å². The van der Waals surface area contributed by atoms with Crippen LogP contribution in [-0.2, 0) is 4.79 Å². The normalized spacial score (nSPS) is 12.1. The van der Waals surface area contributed by atoms with E-state index in [2.05, 4.69) is 29.4 Å². The van der Waals surface area contributed by atoms with Crippen LogP contribution in [0.5, 0.6) is 11.5 Å². The number of carbonyl (C=O) groups is 1. The first-order valence-electron chi connectivity index (χ1n) is 9.20. The number of amides is 1. The zero-order valence-electron chi connectivity index (χ0n) is 17.1. The van der Waals surface area contributed by atoms with Crippen molar-refractivity contribution >= 4 is 17.7 Å². The van der Waals surface area contributed by atoms with Gasteiger partial charge in [0.25, 0.3) is 0 Å². The summed E-state index contributed by atoms with van der Waals surface area (Å²) in [6.07, 6.45) is 2.04. The Balaban J connectivity index is 2.01. The second-order valence-electron chi connectivity index (χ2n) is 6.97. The fraction of sp³-hybridized carbons (Fsp3) is 0.526. The van der Waals surface area contributed by atoms with E-state index in [1.54, 1.807) is 26.4 Å². The number of benzene rings is 1. The standard InChI is InChI=1S/C19H29N5O3S/c1-12(2)6-7-13(3)21-17(25)11-28-19-23-22-18(24(19)20)15-9-8-14(26-4)10-16(15)27-5/h8-10,12-13H,6-7,11,20H2,1-5H3,(H,21,25). The summed E-state index contributed by atoms with van der Waals surface area (Å²) in [5, 5.41) is 11.7. The van der Waals surface area contributed by atoms with Gasteiger partial charge in [-0.25, -0.2) is 4.68 Å². The molecule has 0 bridgehead atoms. The number of aromatic nitrogens is 3. The van der Waals surface area contributed by atoms with E-state index in [0.29, 0.717) is 34.0 Å². The number of nitrogens with zero attached hydrogens (tertiary/aromatic N) is 3. The maximum Gasteiger partial charge on any atom is 0.230 e. The molecule has 9 heteroatoms. The molecule has 0 aliphatic heterocycles. The number of hydrogen-bond donors (Lipinski definition) is 2. The van der Waals surface area contributed by atoms with Crippen LogP contribution in [0.3, 0.4) is 0 Å². The zero-order valence-corrected chi connectivity index (χ0v) is 17.9. The molecular formula is C19H29N5O3S. The SMILES string of the molecule is COc1ccc(-c2nnc(SCC(=O)NC(C)CCC(C)C)n2N)c(OC)c1. The predicted molar refractivity (Wildman–Crippen MR) is 111 cm³/mol. The van der Waals surface area contributed by atoms with Crippen LogP contribution in [-0.4, -0.2) is 46.8 Å². The molecule has 8 nitrogen and oxygen atoms in total. The van der Waals surface area contributed by atoms with Crippen molar-refractivity contribution in [2.45, 2.75) is 44.8 Å². The van der Waals surface area contributed by atoms with Gasteiger partial charge in [-0.3, -0.25) is 4.79 Å². The number of thioether (sulfide) groups is 1. The lowest BCUT2D eigenvalue weighted by Crippen LogP contribution is -2.34. The van der Waals surface area contributed by atoms with Crippen molar-refractivity contribution in [3.05, 3.63) is 18.2 Å². The minimum Gasteiger partial charge on any atom is -0.497 e. The quantitative estimate of drug-likeness (QED) is 0.461. The first-order valence-corrected chi connectivity index (χ1v) is 10.2. The van der Waals surface area contributed by atoms with E-state index in [-0.39, 0.29) is 17.7 Å². The first kappa shape index (κ1) is 21.9. The van der Waals surface area contributed by atoms with E-state index in [0.717, 1.165) is 12.8 Å². The predicted octanol–water partition coefficient (Wildman–Crippen LogP) is 2.71. The van der Waals surface area contributed by atoms with Gasteiger partial charge in [0.2, 0.25) is 11.1 Å². The highest BCUT2D eigenvalue weighted by molar-refractivity contribution is 7.99. The molecule has 1 heterocycles. The Kier molecular flexibility index (Phi) is 7.98. The van der Waals surface area contributed by atoms with Crippen molar-refractivity contribution in [1.29, 1.82) is 0 Å². The smallest absolute Gasteiger partial charge is 0.230 e. The van der Waals surface area contributed by atoms with Gasteiger partial charge in [-0.05, 0) is 37.8 Å². The molecule has 1 amide bonds. The molecule has 0 aliphatic carbocycles. The minimum atomic E-state index is -0.0483. The Labute approximate surface area is 170 Å². The Morgan fingerprint density at radius 2 is 1.96 bits per heavy atom. The molecular weight excluding hydrogens is 378 g/mol. The summed E-state index contributed by atoms with van der Waals surface area (Å²) < 4.78 is 12.0. The Morgan fingerprint density at radius 1 is 1.21 bits per heavy atom. The van der Waals surface area contributed by atoms with Crippen molar-refractivity contribution in [1.82, 2.24) is 20.2 Å². The fourth-order valence-electron chi connectivity index (χ4n) is 2.64. The molecule has 0 saturated heterocycles. The number of ether oxygens (including phenoxy) is 2. The summed E-state index contributed by atoms with van der Waals surface area (Å²) in [7, 11) is 3.15. The van der Waals surface area contributed by atoms with Gasteiger partial charge in [0.05, 0.1) is 25.5 Å². The largest absolute Gasteiger partial charge is 0.497 e. The summed E-state index contributed by atoms with van der Waals surface area (Å²) in [5.74, 6) is 8.64. The third kappa shape index (κ3) is 5.79. The van der Waals surface area contributed by atoms with Crippen molar-refractivity contribution in [3.8, 4) is 22.9 Å². The molecule has 1 unspecified atom stereocenters. The molecule has 3 N–H and O–H groups in total. The van der Waals surface area contributed by atoms with E-state index in [9.17, 15) is 4.79 Å². The number of methoxy groups -OCH3 is 2. The fourth-order valence-corrected chi connectivity index (χ4v) is 3.31. The molecule has 0 aliphatic rings. The molecule has 1 aromatic carbocycles. The van der Waals surface area contributed by atoms with Gasteiger partial charge < -0.3 is 20.6 Å². The second kappa shape index (κ2) is 10.2. The summed E-state index contributed by atoms with van der Waals surface area (Å²) in [5.41, 5.74) is 0.692. The lowest BCUT2D eigenvalue weighted by molar-refractivity contribution is -0.119. The van der Waals surface area contributed by atoms with E-state index in [4.69, 9.17) is 15.3 Å². The number of rotatable bonds is 10. The lowest BCUT2D eigenvalue weighted by atomic mass is 10.0. The van der Waals surface area contributed by atoms with Crippen molar-refractivity contribution in [3.63, 3.8) is 0 Å². The summed E-state index contributed by atoms with van der Waals surface area (Å²) in [4.78, 5) is 12.2. The first-order chi connectivity index (χ1) is 13.3. The van der Waals surface area contributed by atoms with Crippen LogP contribution in [0.15, 0.2) is 23.4 Å². The highest BCUT2D eigenvalue weighted by atomic mass is 32.2. The Hall–Kier alpha value is -2.42. The highest BCUT2D eigenvalue weighted by Gasteiger charge is 2.18. The molecule has 28 heavy (non-hydrogen) atoms. The number of nitrogens with one attached hydrogen (secondary N) is 1. The van der Waals surface area contributed by atoms with Crippen LogP contribution >= 0.6 is 11.8 Å². The van der Waals surface area contributed by atoms with Gasteiger partial charge in [0, 0.05) is 12.1 Å². The average Bonchev–Trinajstić information content (AvgIpc) is 3.04. The van der Waals surface area contributed by atoms with Gasteiger partial charge in [-0.1, -0.05) is 25.6 Å².